The van der Waals surface area contributed by atoms with Gasteiger partial charge in [0.15, 0.2) is 11.3 Å². The van der Waals surface area contributed by atoms with Gasteiger partial charge in [0.2, 0.25) is 11.8 Å². The van der Waals surface area contributed by atoms with Crippen LogP contribution in [0.1, 0.15) is 41.9 Å². The Bertz CT molecular complexity index is 1210. The molecule has 0 spiro atoms. The third-order valence-corrected chi connectivity index (χ3v) is 6.74. The molecule has 10 nitrogen and oxygen atoms in total. The number of carbonyl (C=O) groups excluding carboxylic acids is 2. The van der Waals surface area contributed by atoms with Crippen LogP contribution in [0.4, 0.5) is 11.5 Å². The SMILES string of the molecule is COc1nccn2c(C3CCN(C(C)=O)CC3)nc(Nc3ccc(C(=O)N4CCOCC4)cc3)c12. The molecule has 35 heavy (non-hydrogen) atoms. The van der Waals surface area contributed by atoms with E-state index >= 15 is 0 Å². The van der Waals surface area contributed by atoms with E-state index in [1.807, 2.05) is 44.7 Å². The molecule has 0 unspecified atom stereocenters. The number of carbonyl (C=O) groups is 2. The van der Waals surface area contributed by atoms with Crippen molar-refractivity contribution in [3.8, 4) is 5.88 Å². The molecular formula is C25H30N6O4. The molecular weight excluding hydrogens is 448 g/mol. The second kappa shape index (κ2) is 9.91. The summed E-state index contributed by atoms with van der Waals surface area (Å²) in [6.07, 6.45) is 5.30. The highest BCUT2D eigenvalue weighted by molar-refractivity contribution is 5.94. The van der Waals surface area contributed by atoms with Gasteiger partial charge < -0.3 is 24.6 Å². The number of likely N-dealkylation sites (tertiary alicyclic amines) is 1. The van der Waals surface area contributed by atoms with Crippen molar-refractivity contribution in [1.82, 2.24) is 24.2 Å². The predicted octanol–water partition coefficient (Wildman–Crippen LogP) is 2.68. The van der Waals surface area contributed by atoms with Crippen molar-refractivity contribution in [1.29, 1.82) is 0 Å². The monoisotopic (exact) mass is 478 g/mol. The molecule has 1 aromatic carbocycles. The van der Waals surface area contributed by atoms with Crippen molar-refractivity contribution in [3.05, 3.63) is 48.0 Å². The van der Waals surface area contributed by atoms with Crippen LogP contribution < -0.4 is 10.1 Å². The second-order valence-electron chi connectivity index (χ2n) is 8.86. The molecule has 2 saturated heterocycles. The van der Waals surface area contributed by atoms with E-state index in [0.29, 0.717) is 43.6 Å². The van der Waals surface area contributed by atoms with Crippen LogP contribution in [0.25, 0.3) is 5.52 Å². The van der Waals surface area contributed by atoms with Gasteiger partial charge in [-0.15, -0.1) is 0 Å². The Morgan fingerprint density at radius 3 is 2.43 bits per heavy atom. The van der Waals surface area contributed by atoms with E-state index in [1.54, 1.807) is 20.2 Å². The average Bonchev–Trinajstić information content (AvgIpc) is 3.27. The lowest BCUT2D eigenvalue weighted by atomic mass is 9.96. The zero-order valence-electron chi connectivity index (χ0n) is 20.1. The Labute approximate surface area is 203 Å². The molecule has 5 rings (SSSR count). The first-order valence-electron chi connectivity index (χ1n) is 12.0. The van der Waals surface area contributed by atoms with Crippen LogP contribution in [-0.4, -0.2) is 82.5 Å². The predicted molar refractivity (Wildman–Crippen MR) is 130 cm³/mol. The summed E-state index contributed by atoms with van der Waals surface area (Å²) in [6, 6.07) is 7.41. The smallest absolute Gasteiger partial charge is 0.254 e. The number of methoxy groups -OCH3 is 1. The fourth-order valence-electron chi connectivity index (χ4n) is 4.79. The summed E-state index contributed by atoms with van der Waals surface area (Å²) in [5, 5.41) is 3.39. The van der Waals surface area contributed by atoms with E-state index in [0.717, 1.165) is 43.0 Å². The Morgan fingerprint density at radius 2 is 1.77 bits per heavy atom. The highest BCUT2D eigenvalue weighted by Gasteiger charge is 2.27. The minimum atomic E-state index is 0.0114. The topological polar surface area (TPSA) is 101 Å². The molecule has 0 radical (unpaired) electrons. The molecule has 2 fully saturated rings. The van der Waals surface area contributed by atoms with Crippen LogP contribution in [0.15, 0.2) is 36.7 Å². The summed E-state index contributed by atoms with van der Waals surface area (Å²) in [7, 11) is 1.59. The fraction of sp³-hybridized carbons (Fsp3) is 0.440. The number of nitrogens with zero attached hydrogens (tertiary/aromatic N) is 5. The van der Waals surface area contributed by atoms with Crippen molar-refractivity contribution in [2.24, 2.45) is 0 Å². The van der Waals surface area contributed by atoms with Gasteiger partial charge in [0.05, 0.1) is 20.3 Å². The molecule has 2 aromatic heterocycles. The van der Waals surface area contributed by atoms with Gasteiger partial charge in [-0.05, 0) is 37.1 Å². The number of imidazole rings is 1. The molecule has 0 saturated carbocycles. The number of rotatable bonds is 5. The van der Waals surface area contributed by atoms with E-state index in [-0.39, 0.29) is 17.7 Å². The number of amides is 2. The maximum Gasteiger partial charge on any atom is 0.254 e. The van der Waals surface area contributed by atoms with Gasteiger partial charge in [-0.3, -0.25) is 14.0 Å². The molecule has 0 bridgehead atoms. The molecule has 2 amide bonds. The van der Waals surface area contributed by atoms with Crippen LogP contribution in [0.2, 0.25) is 0 Å². The first-order chi connectivity index (χ1) is 17.0. The molecule has 0 atom stereocenters. The number of morpholine rings is 1. The zero-order chi connectivity index (χ0) is 24.4. The molecule has 3 aromatic rings. The van der Waals surface area contributed by atoms with Crippen molar-refractivity contribution in [2.45, 2.75) is 25.7 Å². The summed E-state index contributed by atoms with van der Waals surface area (Å²) in [5.74, 6) is 2.39. The molecule has 184 valence electrons. The Morgan fingerprint density at radius 1 is 1.06 bits per heavy atom. The second-order valence-corrected chi connectivity index (χ2v) is 8.86. The lowest BCUT2D eigenvalue weighted by molar-refractivity contribution is -0.129. The molecule has 1 N–H and O–H groups in total. The summed E-state index contributed by atoms with van der Waals surface area (Å²) >= 11 is 0. The minimum Gasteiger partial charge on any atom is -0.479 e. The van der Waals surface area contributed by atoms with E-state index in [9.17, 15) is 9.59 Å². The maximum absolute atomic E-state index is 12.8. The van der Waals surface area contributed by atoms with Gasteiger partial charge in [-0.1, -0.05) is 0 Å². The van der Waals surface area contributed by atoms with Gasteiger partial charge in [-0.25, -0.2) is 9.97 Å². The van der Waals surface area contributed by atoms with Crippen LogP contribution >= 0.6 is 0 Å². The number of aromatic nitrogens is 3. The minimum absolute atomic E-state index is 0.0114. The normalized spacial score (nSPS) is 17.0. The van der Waals surface area contributed by atoms with Crippen LogP contribution in [0, 0.1) is 0 Å². The number of fused-ring (bicyclic) bond motifs is 1. The third kappa shape index (κ3) is 4.66. The molecule has 10 heteroatoms. The summed E-state index contributed by atoms with van der Waals surface area (Å²) in [4.78, 5) is 37.5. The zero-order valence-corrected chi connectivity index (χ0v) is 20.1. The summed E-state index contributed by atoms with van der Waals surface area (Å²) in [5.41, 5.74) is 2.21. The first-order valence-corrected chi connectivity index (χ1v) is 12.0. The highest BCUT2D eigenvalue weighted by atomic mass is 16.5. The number of hydrogen-bond acceptors (Lipinski definition) is 7. The first kappa shape index (κ1) is 23.1. The average molecular weight is 479 g/mol. The largest absolute Gasteiger partial charge is 0.479 e. The lowest BCUT2D eigenvalue weighted by Crippen LogP contribution is -2.40. The van der Waals surface area contributed by atoms with Gasteiger partial charge in [-0.2, -0.15) is 0 Å². The van der Waals surface area contributed by atoms with Crippen LogP contribution in [0.3, 0.4) is 0 Å². The number of benzene rings is 1. The molecule has 4 heterocycles. The standard InChI is InChI=1S/C25H30N6O4/c1-17(32)29-10-7-18(8-11-29)23-28-22(21-24(34-2)26-9-12-31(21)23)27-20-5-3-19(4-6-20)25(33)30-13-15-35-16-14-30/h3-6,9,12,18,27H,7-8,10-11,13-16H2,1-2H3. The van der Waals surface area contributed by atoms with E-state index < -0.39 is 0 Å². The molecule has 2 aliphatic heterocycles. The van der Waals surface area contributed by atoms with Crippen molar-refractivity contribution in [2.75, 3.05) is 51.8 Å². The van der Waals surface area contributed by atoms with Gasteiger partial charge in [0.1, 0.15) is 5.82 Å². The molecule has 2 aliphatic rings. The van der Waals surface area contributed by atoms with Crippen molar-refractivity contribution in [3.63, 3.8) is 0 Å². The Kier molecular flexibility index (Phi) is 6.54. The van der Waals surface area contributed by atoms with Crippen LogP contribution in [-0.2, 0) is 9.53 Å². The maximum atomic E-state index is 12.8. The van der Waals surface area contributed by atoms with E-state index in [1.165, 1.54) is 0 Å². The van der Waals surface area contributed by atoms with Crippen molar-refractivity contribution < 1.29 is 19.1 Å². The fourth-order valence-corrected chi connectivity index (χ4v) is 4.79. The van der Waals surface area contributed by atoms with E-state index in [4.69, 9.17) is 14.5 Å². The quantitative estimate of drug-likeness (QED) is 0.602. The molecule has 0 aliphatic carbocycles. The van der Waals surface area contributed by atoms with E-state index in [2.05, 4.69) is 10.3 Å². The van der Waals surface area contributed by atoms with Crippen LogP contribution in [0.5, 0.6) is 5.88 Å². The van der Waals surface area contributed by atoms with Gasteiger partial charge in [0, 0.05) is 62.7 Å². The number of anilines is 2. The number of piperidine rings is 1. The third-order valence-electron chi connectivity index (χ3n) is 6.74. The van der Waals surface area contributed by atoms with Gasteiger partial charge in [0.25, 0.3) is 5.91 Å². The van der Waals surface area contributed by atoms with Crippen molar-refractivity contribution >= 4 is 28.8 Å². The number of hydrogen-bond donors (Lipinski definition) is 1. The van der Waals surface area contributed by atoms with Gasteiger partial charge >= 0.3 is 0 Å². The lowest BCUT2D eigenvalue weighted by Gasteiger charge is -2.30. The Balaban J connectivity index is 1.40. The number of ether oxygens (including phenoxy) is 2. The summed E-state index contributed by atoms with van der Waals surface area (Å²) < 4.78 is 12.9. The highest BCUT2D eigenvalue weighted by Crippen LogP contribution is 2.34. The Hall–Kier alpha value is -3.66. The number of nitrogens with one attached hydrogen (secondary N) is 1. The summed E-state index contributed by atoms with van der Waals surface area (Å²) in [6.45, 7) is 5.43.